The maximum atomic E-state index is 6.24. The normalized spacial score (nSPS) is 12.2. The highest BCUT2D eigenvalue weighted by molar-refractivity contribution is 6.31. The first-order valence-electron chi connectivity index (χ1n) is 6.24. The molecule has 1 aromatic heterocycles. The van der Waals surface area contributed by atoms with Gasteiger partial charge in [0, 0.05) is 6.20 Å². The molecule has 0 saturated carbocycles. The number of pyridine rings is 1. The lowest BCUT2D eigenvalue weighted by molar-refractivity contribution is 0.413. The van der Waals surface area contributed by atoms with E-state index in [4.69, 9.17) is 16.3 Å². The molecule has 0 spiro atoms. The minimum Gasteiger partial charge on any atom is -0.497 e. The number of rotatable bonds is 5. The molecule has 0 aliphatic rings. The van der Waals surface area contributed by atoms with Crippen molar-refractivity contribution in [1.82, 2.24) is 10.3 Å². The molecule has 4 heteroatoms. The van der Waals surface area contributed by atoms with Crippen LogP contribution in [-0.2, 0) is 0 Å². The maximum absolute atomic E-state index is 6.24. The molecule has 0 radical (unpaired) electrons. The smallest absolute Gasteiger partial charge is 0.119 e. The Bertz CT molecular complexity index is 545. The summed E-state index contributed by atoms with van der Waals surface area (Å²) >= 11 is 6.24. The second-order valence-corrected chi connectivity index (χ2v) is 4.54. The predicted molar refractivity (Wildman–Crippen MR) is 77.8 cm³/mol. The number of methoxy groups -OCH3 is 1. The van der Waals surface area contributed by atoms with Gasteiger partial charge in [-0.1, -0.05) is 30.7 Å². The van der Waals surface area contributed by atoms with E-state index in [1.807, 2.05) is 36.4 Å². The van der Waals surface area contributed by atoms with Crippen molar-refractivity contribution in [3.8, 4) is 5.75 Å². The number of nitrogens with zero attached hydrogens (tertiary/aromatic N) is 1. The Labute approximate surface area is 118 Å². The highest BCUT2D eigenvalue weighted by Gasteiger charge is 2.17. The number of ether oxygens (including phenoxy) is 1. The van der Waals surface area contributed by atoms with Crippen LogP contribution in [0.15, 0.2) is 42.6 Å². The molecular weight excluding hydrogens is 260 g/mol. The van der Waals surface area contributed by atoms with Gasteiger partial charge in [-0.05, 0) is 36.4 Å². The van der Waals surface area contributed by atoms with E-state index in [-0.39, 0.29) is 6.04 Å². The molecule has 1 heterocycles. The predicted octanol–water partition coefficient (Wildman–Crippen LogP) is 3.44. The largest absolute Gasteiger partial charge is 0.497 e. The monoisotopic (exact) mass is 276 g/mol. The van der Waals surface area contributed by atoms with Gasteiger partial charge in [-0.15, -0.1) is 0 Å². The minimum atomic E-state index is -0.0335. The standard InChI is InChI=1S/C15H17ClN2O/c1-3-17-14(15-13(16)8-5-9-18-15)11-6-4-7-12(10-11)19-2/h4-10,14,17H,3H2,1-2H3. The minimum absolute atomic E-state index is 0.0335. The van der Waals surface area contributed by atoms with Crippen LogP contribution in [-0.4, -0.2) is 18.6 Å². The lowest BCUT2D eigenvalue weighted by Crippen LogP contribution is -2.23. The topological polar surface area (TPSA) is 34.1 Å². The summed E-state index contributed by atoms with van der Waals surface area (Å²) in [6, 6.07) is 11.6. The van der Waals surface area contributed by atoms with Crippen LogP contribution in [0, 0.1) is 0 Å². The van der Waals surface area contributed by atoms with Crippen LogP contribution in [0.1, 0.15) is 24.2 Å². The Morgan fingerprint density at radius 1 is 1.32 bits per heavy atom. The van der Waals surface area contributed by atoms with E-state index in [9.17, 15) is 0 Å². The van der Waals surface area contributed by atoms with E-state index < -0.39 is 0 Å². The van der Waals surface area contributed by atoms with Gasteiger partial charge in [-0.25, -0.2) is 0 Å². The number of benzene rings is 1. The summed E-state index contributed by atoms with van der Waals surface area (Å²) in [5.41, 5.74) is 1.92. The van der Waals surface area contributed by atoms with Crippen LogP contribution < -0.4 is 10.1 Å². The fraction of sp³-hybridized carbons (Fsp3) is 0.267. The third kappa shape index (κ3) is 3.25. The maximum Gasteiger partial charge on any atom is 0.119 e. The average Bonchev–Trinajstić information content (AvgIpc) is 2.46. The van der Waals surface area contributed by atoms with Crippen molar-refractivity contribution in [2.45, 2.75) is 13.0 Å². The van der Waals surface area contributed by atoms with Crippen LogP contribution >= 0.6 is 11.6 Å². The molecule has 1 aromatic carbocycles. The Kier molecular flexibility index (Phi) is 4.77. The van der Waals surface area contributed by atoms with Gasteiger partial charge in [-0.3, -0.25) is 4.98 Å². The summed E-state index contributed by atoms with van der Waals surface area (Å²) in [5, 5.41) is 4.07. The number of hydrogen-bond acceptors (Lipinski definition) is 3. The van der Waals surface area contributed by atoms with Gasteiger partial charge >= 0.3 is 0 Å². The molecule has 2 rings (SSSR count). The van der Waals surface area contributed by atoms with Gasteiger partial charge in [0.15, 0.2) is 0 Å². The van der Waals surface area contributed by atoms with Gasteiger partial charge in [0.05, 0.1) is 23.9 Å². The van der Waals surface area contributed by atoms with Crippen molar-refractivity contribution >= 4 is 11.6 Å². The Morgan fingerprint density at radius 2 is 2.16 bits per heavy atom. The van der Waals surface area contributed by atoms with Crippen molar-refractivity contribution in [3.63, 3.8) is 0 Å². The average molecular weight is 277 g/mol. The van der Waals surface area contributed by atoms with E-state index in [1.54, 1.807) is 13.3 Å². The van der Waals surface area contributed by atoms with Crippen molar-refractivity contribution < 1.29 is 4.74 Å². The van der Waals surface area contributed by atoms with Gasteiger partial charge < -0.3 is 10.1 Å². The highest BCUT2D eigenvalue weighted by atomic mass is 35.5. The van der Waals surface area contributed by atoms with Crippen LogP contribution in [0.4, 0.5) is 0 Å². The number of halogens is 1. The lowest BCUT2D eigenvalue weighted by atomic mass is 10.0. The van der Waals surface area contributed by atoms with E-state index >= 15 is 0 Å². The molecule has 1 atom stereocenters. The number of hydrogen-bond donors (Lipinski definition) is 1. The highest BCUT2D eigenvalue weighted by Crippen LogP contribution is 2.28. The van der Waals surface area contributed by atoms with Gasteiger partial charge in [0.25, 0.3) is 0 Å². The van der Waals surface area contributed by atoms with E-state index in [0.29, 0.717) is 5.02 Å². The van der Waals surface area contributed by atoms with Crippen molar-refractivity contribution in [2.75, 3.05) is 13.7 Å². The van der Waals surface area contributed by atoms with E-state index in [0.717, 1.165) is 23.6 Å². The molecule has 1 unspecified atom stereocenters. The Hall–Kier alpha value is -1.58. The molecule has 0 fully saturated rings. The quantitative estimate of drug-likeness (QED) is 0.908. The summed E-state index contributed by atoms with van der Waals surface area (Å²) in [6.45, 7) is 2.89. The molecule has 3 nitrogen and oxygen atoms in total. The molecule has 2 aromatic rings. The molecular formula is C15H17ClN2O. The molecule has 0 bridgehead atoms. The zero-order valence-electron chi connectivity index (χ0n) is 11.1. The molecule has 1 N–H and O–H groups in total. The molecule has 0 amide bonds. The number of nitrogens with one attached hydrogen (secondary N) is 1. The SMILES string of the molecule is CCNC(c1cccc(OC)c1)c1ncccc1Cl. The summed E-state index contributed by atoms with van der Waals surface area (Å²) < 4.78 is 5.27. The fourth-order valence-corrected chi connectivity index (χ4v) is 2.24. The summed E-state index contributed by atoms with van der Waals surface area (Å²) in [7, 11) is 1.66. The third-order valence-electron chi connectivity index (χ3n) is 2.90. The van der Waals surface area contributed by atoms with Crippen molar-refractivity contribution in [1.29, 1.82) is 0 Å². The summed E-state index contributed by atoms with van der Waals surface area (Å²) in [4.78, 5) is 4.39. The zero-order chi connectivity index (χ0) is 13.7. The first kappa shape index (κ1) is 13.8. The Balaban J connectivity index is 2.42. The Morgan fingerprint density at radius 3 is 2.84 bits per heavy atom. The fourth-order valence-electron chi connectivity index (χ4n) is 2.01. The summed E-state index contributed by atoms with van der Waals surface area (Å²) in [6.07, 6.45) is 1.76. The van der Waals surface area contributed by atoms with Crippen molar-refractivity contribution in [2.24, 2.45) is 0 Å². The zero-order valence-corrected chi connectivity index (χ0v) is 11.8. The second-order valence-electron chi connectivity index (χ2n) is 4.14. The third-order valence-corrected chi connectivity index (χ3v) is 3.22. The molecule has 0 aliphatic carbocycles. The van der Waals surface area contributed by atoms with Gasteiger partial charge in [-0.2, -0.15) is 0 Å². The van der Waals surface area contributed by atoms with E-state index in [2.05, 4.69) is 17.2 Å². The summed E-state index contributed by atoms with van der Waals surface area (Å²) in [5.74, 6) is 0.826. The van der Waals surface area contributed by atoms with E-state index in [1.165, 1.54) is 0 Å². The molecule has 19 heavy (non-hydrogen) atoms. The van der Waals surface area contributed by atoms with Crippen LogP contribution in [0.25, 0.3) is 0 Å². The van der Waals surface area contributed by atoms with Gasteiger partial charge in [0.1, 0.15) is 5.75 Å². The molecule has 100 valence electrons. The van der Waals surface area contributed by atoms with Gasteiger partial charge in [0.2, 0.25) is 0 Å². The van der Waals surface area contributed by atoms with Crippen molar-refractivity contribution in [3.05, 3.63) is 58.9 Å². The first-order chi connectivity index (χ1) is 9.26. The van der Waals surface area contributed by atoms with Crippen LogP contribution in [0.2, 0.25) is 5.02 Å². The molecule has 0 saturated heterocycles. The van der Waals surface area contributed by atoms with Crippen LogP contribution in [0.5, 0.6) is 5.75 Å². The molecule has 0 aliphatic heterocycles. The van der Waals surface area contributed by atoms with Crippen LogP contribution in [0.3, 0.4) is 0 Å². The lowest BCUT2D eigenvalue weighted by Gasteiger charge is -2.19. The second kappa shape index (κ2) is 6.55. The number of aromatic nitrogens is 1. The first-order valence-corrected chi connectivity index (χ1v) is 6.61.